The standard InChI is InChI=1S/C11H10N6O3S/c12-16-9-5-14-7(4-15-9)6-17-11(18)8-2-1-3-13-10(8)21(17,19)20/h1-5H,6,12H2,(H,15,16). The molecule has 0 radical (unpaired) electrons. The second-order valence-corrected chi connectivity index (χ2v) is 5.99. The third kappa shape index (κ3) is 2.10. The largest absolute Gasteiger partial charge is 0.307 e. The fourth-order valence-corrected chi connectivity index (χ4v) is 3.38. The summed E-state index contributed by atoms with van der Waals surface area (Å²) < 4.78 is 25.3. The number of amides is 1. The quantitative estimate of drug-likeness (QED) is 0.573. The summed E-state index contributed by atoms with van der Waals surface area (Å²) in [7, 11) is -3.94. The number of anilines is 1. The van der Waals surface area contributed by atoms with Crippen molar-refractivity contribution in [3.8, 4) is 0 Å². The van der Waals surface area contributed by atoms with E-state index >= 15 is 0 Å². The number of nitrogen functional groups attached to an aromatic ring is 1. The highest BCUT2D eigenvalue weighted by molar-refractivity contribution is 7.90. The Morgan fingerprint density at radius 1 is 1.24 bits per heavy atom. The zero-order chi connectivity index (χ0) is 15.0. The molecular formula is C11H10N6O3S. The number of rotatable bonds is 3. The van der Waals surface area contributed by atoms with Gasteiger partial charge in [-0.15, -0.1) is 0 Å². The van der Waals surface area contributed by atoms with E-state index in [1.54, 1.807) is 0 Å². The SMILES string of the molecule is NNc1cnc(CN2C(=O)c3cccnc3S2(=O)=O)cn1. The summed E-state index contributed by atoms with van der Waals surface area (Å²) in [6.45, 7) is -0.213. The van der Waals surface area contributed by atoms with Crippen LogP contribution in [-0.2, 0) is 16.6 Å². The maximum atomic E-state index is 12.3. The van der Waals surface area contributed by atoms with Gasteiger partial charge in [0.15, 0.2) is 10.8 Å². The molecule has 2 aromatic heterocycles. The normalized spacial score (nSPS) is 15.9. The molecular weight excluding hydrogens is 296 g/mol. The van der Waals surface area contributed by atoms with Gasteiger partial charge in [-0.25, -0.2) is 20.1 Å². The number of sulfonamides is 1. The third-order valence-corrected chi connectivity index (χ3v) is 4.61. The number of carbonyl (C=O) groups is 1. The molecule has 1 amide bonds. The average Bonchev–Trinajstić information content (AvgIpc) is 2.70. The predicted octanol–water partition coefficient (Wildman–Crippen LogP) is -0.498. The molecule has 0 atom stereocenters. The molecule has 0 unspecified atom stereocenters. The van der Waals surface area contributed by atoms with Gasteiger partial charge in [0.2, 0.25) is 0 Å². The Kier molecular flexibility index (Phi) is 3.03. The molecule has 3 rings (SSSR count). The summed E-state index contributed by atoms with van der Waals surface area (Å²) in [6, 6.07) is 2.94. The number of nitrogens with one attached hydrogen (secondary N) is 1. The molecule has 10 heteroatoms. The highest BCUT2D eigenvalue weighted by Crippen LogP contribution is 2.29. The summed E-state index contributed by atoms with van der Waals surface area (Å²) in [5.41, 5.74) is 2.68. The lowest BCUT2D eigenvalue weighted by atomic mass is 10.2. The Morgan fingerprint density at radius 2 is 2.05 bits per heavy atom. The van der Waals surface area contributed by atoms with Crippen LogP contribution in [0, 0.1) is 0 Å². The first-order valence-electron chi connectivity index (χ1n) is 5.83. The highest BCUT2D eigenvalue weighted by atomic mass is 32.2. The molecule has 3 N–H and O–H groups in total. The topological polar surface area (TPSA) is 131 Å². The van der Waals surface area contributed by atoms with Crippen LogP contribution in [0.15, 0.2) is 35.7 Å². The lowest BCUT2D eigenvalue weighted by molar-refractivity contribution is 0.0863. The molecule has 3 heterocycles. The summed E-state index contributed by atoms with van der Waals surface area (Å²) in [4.78, 5) is 23.8. The van der Waals surface area contributed by atoms with E-state index in [9.17, 15) is 13.2 Å². The minimum atomic E-state index is -3.94. The lowest BCUT2D eigenvalue weighted by Gasteiger charge is -2.13. The van der Waals surface area contributed by atoms with Crippen LogP contribution in [0.4, 0.5) is 5.82 Å². The predicted molar refractivity (Wildman–Crippen MR) is 71.1 cm³/mol. The van der Waals surface area contributed by atoms with Crippen molar-refractivity contribution < 1.29 is 13.2 Å². The van der Waals surface area contributed by atoms with Crippen LogP contribution in [0.5, 0.6) is 0 Å². The van der Waals surface area contributed by atoms with Gasteiger partial charge in [-0.05, 0) is 12.1 Å². The zero-order valence-electron chi connectivity index (χ0n) is 10.6. The molecule has 1 aliphatic rings. The minimum Gasteiger partial charge on any atom is -0.307 e. The van der Waals surface area contributed by atoms with Crippen molar-refractivity contribution in [3.05, 3.63) is 42.0 Å². The van der Waals surface area contributed by atoms with Crippen molar-refractivity contribution in [1.82, 2.24) is 19.3 Å². The summed E-state index contributed by atoms with van der Waals surface area (Å²) >= 11 is 0. The minimum absolute atomic E-state index is 0.0608. The molecule has 21 heavy (non-hydrogen) atoms. The van der Waals surface area contributed by atoms with Crippen molar-refractivity contribution in [1.29, 1.82) is 0 Å². The molecule has 0 bridgehead atoms. The zero-order valence-corrected chi connectivity index (χ0v) is 11.4. The molecule has 2 aromatic rings. The van der Waals surface area contributed by atoms with Gasteiger partial charge in [-0.2, -0.15) is 8.42 Å². The van der Waals surface area contributed by atoms with E-state index in [2.05, 4.69) is 20.4 Å². The summed E-state index contributed by atoms with van der Waals surface area (Å²) in [5.74, 6) is 4.87. The molecule has 0 spiro atoms. The molecule has 0 fully saturated rings. The maximum absolute atomic E-state index is 12.3. The number of nitrogens with zero attached hydrogens (tertiary/aromatic N) is 4. The molecule has 0 saturated carbocycles. The number of hydrogen-bond donors (Lipinski definition) is 2. The van der Waals surface area contributed by atoms with Crippen molar-refractivity contribution in [2.45, 2.75) is 11.6 Å². The van der Waals surface area contributed by atoms with Crippen LogP contribution in [0.25, 0.3) is 0 Å². The number of fused-ring (bicyclic) bond motifs is 1. The number of pyridine rings is 1. The van der Waals surface area contributed by atoms with Crippen molar-refractivity contribution in [3.63, 3.8) is 0 Å². The third-order valence-electron chi connectivity index (χ3n) is 2.92. The second kappa shape index (κ2) is 4.75. The van der Waals surface area contributed by atoms with E-state index < -0.39 is 15.9 Å². The van der Waals surface area contributed by atoms with E-state index in [1.807, 2.05) is 0 Å². The van der Waals surface area contributed by atoms with E-state index in [0.29, 0.717) is 11.5 Å². The van der Waals surface area contributed by atoms with Gasteiger partial charge in [0.25, 0.3) is 15.9 Å². The van der Waals surface area contributed by atoms with Gasteiger partial charge in [0, 0.05) is 6.20 Å². The second-order valence-electron chi connectivity index (χ2n) is 4.21. The number of carbonyl (C=O) groups excluding carboxylic acids is 1. The number of nitrogens with two attached hydrogens (primary N) is 1. The Labute approximate surface area is 119 Å². The first-order chi connectivity index (χ1) is 10.0. The molecule has 9 nitrogen and oxygen atoms in total. The van der Waals surface area contributed by atoms with Crippen LogP contribution < -0.4 is 11.3 Å². The number of aromatic nitrogens is 3. The average molecular weight is 306 g/mol. The first-order valence-corrected chi connectivity index (χ1v) is 7.27. The summed E-state index contributed by atoms with van der Waals surface area (Å²) in [6.07, 6.45) is 4.01. The van der Waals surface area contributed by atoms with Gasteiger partial charge < -0.3 is 5.43 Å². The Morgan fingerprint density at radius 3 is 2.67 bits per heavy atom. The van der Waals surface area contributed by atoms with Crippen molar-refractivity contribution in [2.24, 2.45) is 5.84 Å². The molecule has 108 valence electrons. The number of hydrazine groups is 1. The smallest absolute Gasteiger partial charge is 0.285 e. The van der Waals surface area contributed by atoms with E-state index in [1.165, 1.54) is 30.7 Å². The molecule has 0 aromatic carbocycles. The summed E-state index contributed by atoms with van der Waals surface area (Å²) in [5, 5.41) is -0.233. The lowest BCUT2D eigenvalue weighted by Crippen LogP contribution is -2.30. The van der Waals surface area contributed by atoms with E-state index in [-0.39, 0.29) is 17.1 Å². The number of hydrogen-bond acceptors (Lipinski definition) is 8. The van der Waals surface area contributed by atoms with Crippen molar-refractivity contribution in [2.75, 3.05) is 5.43 Å². The van der Waals surface area contributed by atoms with Crippen molar-refractivity contribution >= 4 is 21.7 Å². The Bertz CT molecular complexity index is 805. The monoisotopic (exact) mass is 306 g/mol. The molecule has 0 saturated heterocycles. The first kappa shape index (κ1) is 13.4. The van der Waals surface area contributed by atoms with Gasteiger partial charge in [-0.3, -0.25) is 9.78 Å². The van der Waals surface area contributed by atoms with Crippen LogP contribution in [-0.4, -0.2) is 33.6 Å². The van der Waals surface area contributed by atoms with Crippen LogP contribution in [0.3, 0.4) is 0 Å². The fourth-order valence-electron chi connectivity index (χ4n) is 1.92. The fraction of sp³-hybridized carbons (Fsp3) is 0.0909. The Hall–Kier alpha value is -2.59. The molecule has 1 aliphatic heterocycles. The van der Waals surface area contributed by atoms with Gasteiger partial charge in [-0.1, -0.05) is 0 Å². The maximum Gasteiger partial charge on any atom is 0.285 e. The van der Waals surface area contributed by atoms with E-state index in [0.717, 1.165) is 4.31 Å². The Balaban J connectivity index is 1.95. The van der Waals surface area contributed by atoms with Crippen LogP contribution >= 0.6 is 0 Å². The van der Waals surface area contributed by atoms with Gasteiger partial charge >= 0.3 is 0 Å². The molecule has 0 aliphatic carbocycles. The van der Waals surface area contributed by atoms with Crippen LogP contribution in [0.1, 0.15) is 16.1 Å². The van der Waals surface area contributed by atoms with Gasteiger partial charge in [0.1, 0.15) is 0 Å². The van der Waals surface area contributed by atoms with Crippen LogP contribution in [0.2, 0.25) is 0 Å². The highest BCUT2D eigenvalue weighted by Gasteiger charge is 2.42. The van der Waals surface area contributed by atoms with Gasteiger partial charge in [0.05, 0.1) is 30.2 Å². The van der Waals surface area contributed by atoms with E-state index in [4.69, 9.17) is 5.84 Å².